The molecule has 3 heterocycles. The van der Waals surface area contributed by atoms with Crippen LogP contribution in [0.15, 0.2) is 65.7 Å². The molecule has 5 rings (SSSR count). The molecule has 230 valence electrons. The van der Waals surface area contributed by atoms with Gasteiger partial charge in [-0.05, 0) is 24.5 Å². The highest BCUT2D eigenvalue weighted by Gasteiger charge is 2.74. The van der Waals surface area contributed by atoms with E-state index in [1.54, 1.807) is 0 Å². The number of hydrogen-bond donors (Lipinski definition) is 1. The number of alkyl halides is 3. The van der Waals surface area contributed by atoms with E-state index in [9.17, 15) is 27.6 Å². The number of likely N-dealkylation sites (N-methyl/N-ethyl adjacent to an activating group) is 1. The number of aliphatic imine (C=N–C) groups is 1. The summed E-state index contributed by atoms with van der Waals surface area (Å²) in [7, 11) is 1.35. The smallest absolute Gasteiger partial charge is 0.475 e. The summed E-state index contributed by atoms with van der Waals surface area (Å²) in [6, 6.07) is 19.0. The molecule has 2 aromatic carbocycles. The molecule has 43 heavy (non-hydrogen) atoms. The Hall–Kier alpha value is -4.42. The van der Waals surface area contributed by atoms with E-state index in [0.717, 1.165) is 11.1 Å². The van der Waals surface area contributed by atoms with Crippen LogP contribution < -0.4 is 0 Å². The number of hydrogen-bond acceptors (Lipinski definition) is 6. The lowest BCUT2D eigenvalue weighted by molar-refractivity contribution is -0.192. The molecule has 0 spiro atoms. The predicted octanol–water partition coefficient (Wildman–Crippen LogP) is 3.32. The van der Waals surface area contributed by atoms with Gasteiger partial charge in [0.15, 0.2) is 11.5 Å². The fourth-order valence-corrected chi connectivity index (χ4v) is 6.28. The zero-order valence-electron chi connectivity index (χ0n) is 24.0. The van der Waals surface area contributed by atoms with E-state index in [1.807, 2.05) is 79.4 Å². The Balaban J connectivity index is 0.000000541. The van der Waals surface area contributed by atoms with Crippen molar-refractivity contribution in [3.63, 3.8) is 0 Å². The number of fused-ring (bicyclic) bond motifs is 3. The molecule has 2 aromatic rings. The number of rotatable bonds is 7. The quantitative estimate of drug-likeness (QED) is 0.379. The first kappa shape index (κ1) is 31.5. The Kier molecular flexibility index (Phi) is 9.12. The maximum atomic E-state index is 13.9. The second-order valence-corrected chi connectivity index (χ2v) is 10.4. The molecule has 3 aliphatic rings. The molecule has 0 radical (unpaired) electrons. The van der Waals surface area contributed by atoms with Gasteiger partial charge in [0, 0.05) is 13.1 Å². The largest absolute Gasteiger partial charge is 0.490 e. The van der Waals surface area contributed by atoms with Crippen molar-refractivity contribution in [2.75, 3.05) is 20.2 Å². The Labute approximate surface area is 246 Å². The molecule has 0 unspecified atom stereocenters. The lowest BCUT2D eigenvalue weighted by Crippen LogP contribution is -2.60. The third-order valence-corrected chi connectivity index (χ3v) is 8.17. The first-order valence-corrected chi connectivity index (χ1v) is 13.8. The number of ether oxygens (including phenoxy) is 1. The van der Waals surface area contributed by atoms with Gasteiger partial charge in [-0.25, -0.2) is 14.6 Å². The first-order valence-electron chi connectivity index (χ1n) is 13.8. The highest BCUT2D eigenvalue weighted by atomic mass is 19.4. The van der Waals surface area contributed by atoms with Crippen molar-refractivity contribution in [2.45, 2.75) is 51.1 Å². The van der Waals surface area contributed by atoms with Gasteiger partial charge in [-0.1, -0.05) is 67.6 Å². The summed E-state index contributed by atoms with van der Waals surface area (Å²) in [5.41, 5.74) is 0.634. The summed E-state index contributed by atoms with van der Waals surface area (Å²) in [5.74, 6) is -4.55. The summed E-state index contributed by atoms with van der Waals surface area (Å²) < 4.78 is 37.1. The van der Waals surface area contributed by atoms with Crippen LogP contribution in [0, 0.1) is 11.8 Å². The number of aliphatic carboxylic acids is 1. The molecule has 3 aliphatic heterocycles. The SMILES string of the molecule is CCN1C[C@@H]2[C@@H]3C(=O)N(Cc4ccccc4)C(=O)[C@@H]3[C@](CC)(C(=O)OC)N2C1=NCc1ccccc1.O=C(O)C(F)(F)F. The normalized spacial score (nSPS) is 25.4. The zero-order chi connectivity index (χ0) is 31.5. The van der Waals surface area contributed by atoms with Gasteiger partial charge in [-0.3, -0.25) is 14.5 Å². The highest BCUT2D eigenvalue weighted by Crippen LogP contribution is 2.53. The molecule has 13 heteroatoms. The van der Waals surface area contributed by atoms with Crippen LogP contribution in [-0.4, -0.2) is 87.5 Å². The molecule has 3 fully saturated rings. The van der Waals surface area contributed by atoms with Crippen LogP contribution in [0.25, 0.3) is 0 Å². The minimum absolute atomic E-state index is 0.200. The number of carbonyl (C=O) groups is 4. The third kappa shape index (κ3) is 5.67. The molecule has 2 amide bonds. The molecule has 0 aliphatic carbocycles. The van der Waals surface area contributed by atoms with Crippen molar-refractivity contribution in [3.8, 4) is 0 Å². The average molecular weight is 603 g/mol. The number of imide groups is 1. The van der Waals surface area contributed by atoms with E-state index in [4.69, 9.17) is 19.6 Å². The van der Waals surface area contributed by atoms with Crippen LogP contribution in [0.3, 0.4) is 0 Å². The molecular weight excluding hydrogens is 569 g/mol. The second kappa shape index (κ2) is 12.4. The van der Waals surface area contributed by atoms with E-state index in [1.165, 1.54) is 12.0 Å². The Morgan fingerprint density at radius 3 is 2.05 bits per heavy atom. The van der Waals surface area contributed by atoms with Crippen molar-refractivity contribution < 1.29 is 42.2 Å². The topological polar surface area (TPSA) is 120 Å². The lowest BCUT2D eigenvalue weighted by Gasteiger charge is -2.39. The lowest BCUT2D eigenvalue weighted by atomic mass is 9.78. The molecule has 10 nitrogen and oxygen atoms in total. The number of likely N-dealkylation sites (tertiary alicyclic amines) is 1. The number of methoxy groups -OCH3 is 1. The Morgan fingerprint density at radius 1 is 1.00 bits per heavy atom. The van der Waals surface area contributed by atoms with Crippen LogP contribution in [0.2, 0.25) is 0 Å². The number of guanidine groups is 1. The van der Waals surface area contributed by atoms with Crippen molar-refractivity contribution in [1.29, 1.82) is 0 Å². The number of esters is 1. The monoisotopic (exact) mass is 602 g/mol. The summed E-state index contributed by atoms with van der Waals surface area (Å²) in [5, 5.41) is 7.12. The van der Waals surface area contributed by atoms with E-state index in [0.29, 0.717) is 32.0 Å². The molecular formula is C30H33F3N4O6. The summed E-state index contributed by atoms with van der Waals surface area (Å²) in [6.07, 6.45) is -4.75. The van der Waals surface area contributed by atoms with Crippen LogP contribution in [0.1, 0.15) is 31.4 Å². The number of nitrogens with zero attached hydrogens (tertiary/aromatic N) is 4. The van der Waals surface area contributed by atoms with Gasteiger partial charge >= 0.3 is 18.1 Å². The first-order chi connectivity index (χ1) is 20.4. The minimum atomic E-state index is -5.08. The summed E-state index contributed by atoms with van der Waals surface area (Å²) in [4.78, 5) is 60.5. The minimum Gasteiger partial charge on any atom is -0.475 e. The Morgan fingerprint density at radius 2 is 1.56 bits per heavy atom. The summed E-state index contributed by atoms with van der Waals surface area (Å²) in [6.45, 7) is 5.76. The molecule has 1 N–H and O–H groups in total. The molecule has 0 saturated carbocycles. The van der Waals surface area contributed by atoms with Gasteiger partial charge in [-0.2, -0.15) is 13.2 Å². The van der Waals surface area contributed by atoms with E-state index in [2.05, 4.69) is 4.90 Å². The Bertz CT molecular complexity index is 1390. The summed E-state index contributed by atoms with van der Waals surface area (Å²) >= 11 is 0. The predicted molar refractivity (Wildman–Crippen MR) is 148 cm³/mol. The van der Waals surface area contributed by atoms with Crippen LogP contribution in [-0.2, 0) is 37.0 Å². The number of amides is 2. The van der Waals surface area contributed by atoms with Gasteiger partial charge < -0.3 is 19.6 Å². The van der Waals surface area contributed by atoms with E-state index < -0.39 is 35.5 Å². The van der Waals surface area contributed by atoms with Crippen LogP contribution in [0.5, 0.6) is 0 Å². The zero-order valence-corrected chi connectivity index (χ0v) is 24.0. The van der Waals surface area contributed by atoms with Gasteiger partial charge in [0.1, 0.15) is 0 Å². The third-order valence-electron chi connectivity index (χ3n) is 8.17. The number of benzene rings is 2. The standard InChI is InChI=1S/C28H32N4O4.C2HF3O2/c1-4-28(26(35)36-3)23-22(24(33)31(25(23)34)17-20-14-10-7-11-15-20)21-18-30(5-2)27(32(21)28)29-16-19-12-8-6-9-13-19;3-2(4,5)1(6)7/h6-15,21-23H,4-5,16-18H2,1-3H3;(H,6,7)/t21-,22+,23-,28-;/m1./s1. The maximum Gasteiger partial charge on any atom is 0.490 e. The van der Waals surface area contributed by atoms with Gasteiger partial charge in [0.25, 0.3) is 0 Å². The second-order valence-electron chi connectivity index (χ2n) is 10.4. The van der Waals surface area contributed by atoms with Crippen molar-refractivity contribution in [1.82, 2.24) is 14.7 Å². The molecule has 4 atom stereocenters. The molecule has 0 aromatic heterocycles. The van der Waals surface area contributed by atoms with Crippen molar-refractivity contribution >= 4 is 29.7 Å². The fraction of sp³-hybridized carbons (Fsp3) is 0.433. The number of carboxylic acids is 1. The highest BCUT2D eigenvalue weighted by molar-refractivity contribution is 6.11. The van der Waals surface area contributed by atoms with Crippen molar-refractivity contribution in [3.05, 3.63) is 71.8 Å². The van der Waals surface area contributed by atoms with Gasteiger partial charge in [0.2, 0.25) is 11.8 Å². The number of carboxylic acid groups (broad SMARTS) is 1. The van der Waals surface area contributed by atoms with E-state index >= 15 is 0 Å². The van der Waals surface area contributed by atoms with Gasteiger partial charge in [0.05, 0.1) is 38.1 Å². The van der Waals surface area contributed by atoms with Crippen LogP contribution in [0.4, 0.5) is 13.2 Å². The van der Waals surface area contributed by atoms with Crippen LogP contribution >= 0.6 is 0 Å². The molecule has 0 bridgehead atoms. The maximum absolute atomic E-state index is 13.9. The van der Waals surface area contributed by atoms with E-state index in [-0.39, 0.29) is 24.4 Å². The van der Waals surface area contributed by atoms with Gasteiger partial charge in [-0.15, -0.1) is 0 Å². The fourth-order valence-electron chi connectivity index (χ4n) is 6.28. The average Bonchev–Trinajstić information content (AvgIpc) is 3.59. The molecule has 3 saturated heterocycles. The number of carbonyl (C=O) groups excluding carboxylic acids is 3. The van der Waals surface area contributed by atoms with Crippen molar-refractivity contribution in [2.24, 2.45) is 16.8 Å². The number of halogens is 3.